The second-order valence-corrected chi connectivity index (χ2v) is 6.71. The molecule has 1 aliphatic rings. The van der Waals surface area contributed by atoms with E-state index in [9.17, 15) is 9.90 Å². The highest BCUT2D eigenvalue weighted by molar-refractivity contribution is 7.71. The van der Waals surface area contributed by atoms with Crippen LogP contribution in [-0.4, -0.2) is 44.9 Å². The summed E-state index contributed by atoms with van der Waals surface area (Å²) in [5.74, 6) is -0.154. The Hall–Kier alpha value is -2.25. The summed E-state index contributed by atoms with van der Waals surface area (Å²) in [5, 5.41) is 10.1. The fourth-order valence-electron chi connectivity index (χ4n) is 2.99. The lowest BCUT2D eigenvalue weighted by atomic mass is 10.0. The number of nitrogens with zero attached hydrogens (tertiary/aromatic N) is 3. The Labute approximate surface area is 151 Å². The van der Waals surface area contributed by atoms with Crippen LogP contribution in [-0.2, 0) is 13.6 Å². The van der Waals surface area contributed by atoms with Gasteiger partial charge in [-0.15, -0.1) is 0 Å². The van der Waals surface area contributed by atoms with Crippen LogP contribution in [0.25, 0.3) is 0 Å². The number of aliphatic imine (C=N–C) groups is 1. The topological polar surface area (TPSA) is 73.6 Å². The number of nitrogens with one attached hydrogen (secondary N) is 1. The zero-order valence-corrected chi connectivity index (χ0v) is 15.0. The summed E-state index contributed by atoms with van der Waals surface area (Å²) < 4.78 is 1.55. The summed E-state index contributed by atoms with van der Waals surface area (Å²) in [4.78, 5) is 21.4. The molecule has 1 aromatic heterocycles. The van der Waals surface area contributed by atoms with Crippen LogP contribution in [0.15, 0.2) is 40.1 Å². The Morgan fingerprint density at radius 3 is 2.68 bits per heavy atom. The van der Waals surface area contributed by atoms with Crippen molar-refractivity contribution in [3.8, 4) is 5.88 Å². The predicted octanol–water partition coefficient (Wildman–Crippen LogP) is 2.23. The van der Waals surface area contributed by atoms with E-state index in [0.29, 0.717) is 0 Å². The number of aromatic hydroxyl groups is 1. The van der Waals surface area contributed by atoms with Crippen LogP contribution in [0.1, 0.15) is 24.0 Å². The first-order chi connectivity index (χ1) is 12.0. The van der Waals surface area contributed by atoms with Crippen molar-refractivity contribution in [1.82, 2.24) is 14.5 Å². The molecule has 2 heterocycles. The van der Waals surface area contributed by atoms with E-state index in [4.69, 9.17) is 12.2 Å². The number of benzene rings is 1. The minimum absolute atomic E-state index is 0.154. The number of hydrogen-bond donors (Lipinski definition) is 2. The molecule has 0 saturated carbocycles. The number of likely N-dealkylation sites (tertiary alicyclic amines) is 1. The zero-order valence-electron chi connectivity index (χ0n) is 14.2. The Bertz CT molecular complexity index is 865. The van der Waals surface area contributed by atoms with Crippen LogP contribution < -0.4 is 5.56 Å². The van der Waals surface area contributed by atoms with E-state index in [1.165, 1.54) is 16.3 Å². The van der Waals surface area contributed by atoms with Gasteiger partial charge in [-0.3, -0.25) is 24.2 Å². The normalized spacial score (nSPS) is 16.5. The highest BCUT2D eigenvalue weighted by Crippen LogP contribution is 2.17. The first-order valence-electron chi connectivity index (χ1n) is 8.36. The van der Waals surface area contributed by atoms with Gasteiger partial charge in [0.2, 0.25) is 5.88 Å². The lowest BCUT2D eigenvalue weighted by Gasteiger charge is -2.30. The van der Waals surface area contributed by atoms with Crippen molar-refractivity contribution in [3.63, 3.8) is 0 Å². The number of hydrogen-bond acceptors (Lipinski definition) is 5. The molecule has 0 bridgehead atoms. The lowest BCUT2D eigenvalue weighted by Crippen LogP contribution is -2.34. The number of H-pyrrole nitrogens is 1. The molecule has 1 saturated heterocycles. The van der Waals surface area contributed by atoms with Gasteiger partial charge in [-0.2, -0.15) is 0 Å². The molecule has 1 fully saturated rings. The van der Waals surface area contributed by atoms with Gasteiger partial charge >= 0.3 is 0 Å². The minimum Gasteiger partial charge on any atom is -0.494 e. The summed E-state index contributed by atoms with van der Waals surface area (Å²) in [6.45, 7) is 2.89. The van der Waals surface area contributed by atoms with Crippen molar-refractivity contribution in [3.05, 3.63) is 56.6 Å². The van der Waals surface area contributed by atoms with Crippen molar-refractivity contribution in [2.24, 2.45) is 12.0 Å². The van der Waals surface area contributed by atoms with E-state index in [1.807, 2.05) is 6.07 Å². The number of aromatic nitrogens is 2. The summed E-state index contributed by atoms with van der Waals surface area (Å²) in [6, 6.07) is 10.6. The maximum absolute atomic E-state index is 11.9. The number of piperidine rings is 1. The van der Waals surface area contributed by atoms with Crippen molar-refractivity contribution in [1.29, 1.82) is 0 Å². The Morgan fingerprint density at radius 1 is 1.32 bits per heavy atom. The molecule has 0 unspecified atom stereocenters. The van der Waals surface area contributed by atoms with E-state index in [0.717, 1.165) is 32.5 Å². The van der Waals surface area contributed by atoms with Gasteiger partial charge in [-0.25, -0.2) is 0 Å². The van der Waals surface area contributed by atoms with Gasteiger partial charge in [0.05, 0.1) is 6.04 Å². The molecule has 6 nitrogen and oxygen atoms in total. The van der Waals surface area contributed by atoms with Crippen molar-refractivity contribution in [2.75, 3.05) is 13.1 Å². The fraction of sp³-hybridized carbons (Fsp3) is 0.389. The molecule has 25 heavy (non-hydrogen) atoms. The molecule has 7 heteroatoms. The first-order valence-corrected chi connectivity index (χ1v) is 8.77. The summed E-state index contributed by atoms with van der Waals surface area (Å²) in [7, 11) is 1.60. The Balaban J connectivity index is 1.61. The molecule has 2 N–H and O–H groups in total. The van der Waals surface area contributed by atoms with Gasteiger partial charge in [0.25, 0.3) is 5.56 Å². The van der Waals surface area contributed by atoms with Crippen LogP contribution in [0.5, 0.6) is 5.88 Å². The lowest BCUT2D eigenvalue weighted by molar-refractivity contribution is 0.206. The van der Waals surface area contributed by atoms with Crippen molar-refractivity contribution < 1.29 is 5.11 Å². The molecule has 0 aliphatic carbocycles. The average Bonchev–Trinajstić information content (AvgIpc) is 2.62. The average molecular weight is 358 g/mol. The Kier molecular flexibility index (Phi) is 5.45. The SMILES string of the molecule is Cn1c(O)c(C=NC2CCN(Cc3ccccc3)CC2)c(=O)[nH]c1=S. The summed E-state index contributed by atoms with van der Waals surface area (Å²) in [6.07, 6.45) is 3.35. The molecule has 0 spiro atoms. The van der Waals surface area contributed by atoms with Gasteiger partial charge in [-0.1, -0.05) is 30.3 Å². The maximum atomic E-state index is 11.9. The highest BCUT2D eigenvalue weighted by atomic mass is 32.1. The molecular formula is C18H22N4O2S. The smallest absolute Gasteiger partial charge is 0.264 e. The van der Waals surface area contributed by atoms with Gasteiger partial charge in [0.1, 0.15) is 5.56 Å². The number of rotatable bonds is 4. The van der Waals surface area contributed by atoms with Crippen LogP contribution in [0.4, 0.5) is 0 Å². The summed E-state index contributed by atoms with van der Waals surface area (Å²) in [5.41, 5.74) is 1.06. The standard InChI is InChI=1S/C18H22N4O2S/c1-21-17(24)15(16(23)20-18(21)25)11-19-14-7-9-22(10-8-14)12-13-5-3-2-4-6-13/h2-6,11,14,24H,7-10,12H2,1H3,(H,20,23,25). The maximum Gasteiger partial charge on any atom is 0.264 e. The first kappa shape index (κ1) is 17.6. The fourth-order valence-corrected chi connectivity index (χ4v) is 3.17. The second-order valence-electron chi connectivity index (χ2n) is 6.33. The van der Waals surface area contributed by atoms with Crippen molar-refractivity contribution >= 4 is 18.4 Å². The molecule has 2 aromatic rings. The van der Waals surface area contributed by atoms with E-state index in [2.05, 4.69) is 39.1 Å². The van der Waals surface area contributed by atoms with Crippen LogP contribution in [0.2, 0.25) is 0 Å². The third-order valence-corrected chi connectivity index (χ3v) is 4.92. The monoisotopic (exact) mass is 358 g/mol. The molecule has 132 valence electrons. The largest absolute Gasteiger partial charge is 0.494 e. The Morgan fingerprint density at radius 2 is 2.00 bits per heavy atom. The van der Waals surface area contributed by atoms with E-state index in [-0.39, 0.29) is 22.3 Å². The molecule has 0 amide bonds. The van der Waals surface area contributed by atoms with E-state index in [1.54, 1.807) is 7.05 Å². The molecule has 1 aromatic carbocycles. The van der Waals surface area contributed by atoms with Crippen LogP contribution in [0, 0.1) is 4.77 Å². The molecule has 1 aliphatic heterocycles. The third kappa shape index (κ3) is 4.24. The van der Waals surface area contributed by atoms with Crippen LogP contribution >= 0.6 is 12.2 Å². The van der Waals surface area contributed by atoms with Gasteiger partial charge in [0.15, 0.2) is 4.77 Å². The summed E-state index contributed by atoms with van der Waals surface area (Å²) >= 11 is 4.96. The predicted molar refractivity (Wildman–Crippen MR) is 101 cm³/mol. The van der Waals surface area contributed by atoms with Gasteiger partial charge in [-0.05, 0) is 30.6 Å². The zero-order chi connectivity index (χ0) is 17.8. The van der Waals surface area contributed by atoms with Crippen molar-refractivity contribution in [2.45, 2.75) is 25.4 Å². The third-order valence-electron chi connectivity index (χ3n) is 4.55. The van der Waals surface area contributed by atoms with Gasteiger partial charge in [0, 0.05) is 32.9 Å². The van der Waals surface area contributed by atoms with Gasteiger partial charge < -0.3 is 5.11 Å². The second kappa shape index (κ2) is 7.76. The molecular weight excluding hydrogens is 336 g/mol. The number of aromatic amines is 1. The minimum atomic E-state index is -0.411. The molecule has 3 rings (SSSR count). The molecule has 0 atom stereocenters. The quantitative estimate of drug-likeness (QED) is 0.649. The van der Waals surface area contributed by atoms with Crippen LogP contribution in [0.3, 0.4) is 0 Å². The molecule has 0 radical (unpaired) electrons. The van der Waals surface area contributed by atoms with E-state index >= 15 is 0 Å². The van der Waals surface area contributed by atoms with E-state index < -0.39 is 5.56 Å². The highest BCUT2D eigenvalue weighted by Gasteiger charge is 2.18.